The van der Waals surface area contributed by atoms with E-state index >= 15 is 0 Å². The minimum atomic E-state index is -1.04. The van der Waals surface area contributed by atoms with E-state index in [0.717, 1.165) is 12.8 Å². The van der Waals surface area contributed by atoms with Gasteiger partial charge in [0.15, 0.2) is 11.5 Å². The van der Waals surface area contributed by atoms with E-state index in [9.17, 15) is 9.59 Å². The molecule has 0 bridgehead atoms. The fourth-order valence-corrected chi connectivity index (χ4v) is 1.97. The van der Waals surface area contributed by atoms with E-state index in [1.54, 1.807) is 18.2 Å². The van der Waals surface area contributed by atoms with Crippen molar-refractivity contribution < 1.29 is 24.2 Å². The summed E-state index contributed by atoms with van der Waals surface area (Å²) in [6, 6.07) is 3.97. The van der Waals surface area contributed by atoms with Gasteiger partial charge in [-0.1, -0.05) is 25.8 Å². The zero-order chi connectivity index (χ0) is 15.8. The summed E-state index contributed by atoms with van der Waals surface area (Å²) in [7, 11) is 2.90. The third kappa shape index (κ3) is 4.37. The van der Waals surface area contributed by atoms with Gasteiger partial charge in [0.05, 0.1) is 19.8 Å². The average Bonchev–Trinajstić information content (AvgIpc) is 2.49. The molecular weight excluding hydrogens is 274 g/mol. The quantitative estimate of drug-likeness (QED) is 0.767. The third-order valence-corrected chi connectivity index (χ3v) is 3.10. The Morgan fingerprint density at radius 2 is 2.00 bits per heavy atom. The minimum absolute atomic E-state index is 0.250. The highest BCUT2D eigenvalue weighted by Crippen LogP contribution is 2.30. The van der Waals surface area contributed by atoms with Gasteiger partial charge in [-0.2, -0.15) is 0 Å². The molecule has 0 spiro atoms. The molecule has 0 heterocycles. The lowest BCUT2D eigenvalue weighted by molar-refractivity contribution is -0.139. The van der Waals surface area contributed by atoms with Crippen LogP contribution in [0.1, 0.15) is 36.5 Å². The van der Waals surface area contributed by atoms with Crippen LogP contribution in [0.3, 0.4) is 0 Å². The number of carboxylic acid groups (broad SMARTS) is 1. The van der Waals surface area contributed by atoms with Crippen molar-refractivity contribution in [2.24, 2.45) is 0 Å². The molecule has 0 aliphatic carbocycles. The number of para-hydroxylation sites is 1. The van der Waals surface area contributed by atoms with Gasteiger partial charge in [0.2, 0.25) is 0 Å². The highest BCUT2D eigenvalue weighted by Gasteiger charge is 2.23. The maximum atomic E-state index is 12.3. The van der Waals surface area contributed by atoms with Gasteiger partial charge in [-0.15, -0.1) is 0 Å². The molecule has 1 rings (SSSR count). The van der Waals surface area contributed by atoms with E-state index in [4.69, 9.17) is 14.6 Å². The number of rotatable bonds is 8. The molecular formula is C15H21NO5. The molecule has 0 saturated carbocycles. The number of methoxy groups -OCH3 is 2. The van der Waals surface area contributed by atoms with Gasteiger partial charge >= 0.3 is 5.97 Å². The Morgan fingerprint density at radius 1 is 1.29 bits per heavy atom. The molecule has 1 aromatic rings. The maximum absolute atomic E-state index is 12.3. The van der Waals surface area contributed by atoms with Crippen molar-refractivity contribution in [1.29, 1.82) is 0 Å². The number of carboxylic acids is 1. The van der Waals surface area contributed by atoms with Gasteiger partial charge in [-0.05, 0) is 18.6 Å². The van der Waals surface area contributed by atoms with E-state index in [-0.39, 0.29) is 11.3 Å². The predicted molar refractivity (Wildman–Crippen MR) is 78.0 cm³/mol. The second-order valence-electron chi connectivity index (χ2n) is 4.55. The summed E-state index contributed by atoms with van der Waals surface area (Å²) in [4.78, 5) is 23.4. The molecule has 0 aromatic heterocycles. The molecule has 1 aromatic carbocycles. The van der Waals surface area contributed by atoms with Crippen molar-refractivity contribution in [1.82, 2.24) is 5.32 Å². The van der Waals surface area contributed by atoms with Crippen LogP contribution in [0.4, 0.5) is 0 Å². The topological polar surface area (TPSA) is 84.9 Å². The van der Waals surface area contributed by atoms with Gasteiger partial charge < -0.3 is 19.9 Å². The number of carbonyl (C=O) groups is 2. The second-order valence-corrected chi connectivity index (χ2v) is 4.55. The van der Waals surface area contributed by atoms with E-state index < -0.39 is 17.9 Å². The Bertz CT molecular complexity index is 501. The second kappa shape index (κ2) is 8.14. The van der Waals surface area contributed by atoms with E-state index in [1.165, 1.54) is 14.2 Å². The van der Waals surface area contributed by atoms with Gasteiger partial charge in [0.25, 0.3) is 5.91 Å². The summed E-state index contributed by atoms with van der Waals surface area (Å²) in [6.07, 6.45) is 1.98. The van der Waals surface area contributed by atoms with Crippen molar-refractivity contribution in [2.75, 3.05) is 14.2 Å². The zero-order valence-corrected chi connectivity index (χ0v) is 12.5. The number of ether oxygens (including phenoxy) is 2. The lowest BCUT2D eigenvalue weighted by Crippen LogP contribution is -2.40. The summed E-state index contributed by atoms with van der Waals surface area (Å²) in [5, 5.41) is 11.7. The molecule has 0 aliphatic rings. The number of unbranched alkanes of at least 4 members (excludes halogenated alkanes) is 1. The van der Waals surface area contributed by atoms with Crippen LogP contribution in [0.2, 0.25) is 0 Å². The fourth-order valence-electron chi connectivity index (χ4n) is 1.97. The molecule has 0 aliphatic heterocycles. The van der Waals surface area contributed by atoms with E-state index in [1.807, 2.05) is 6.92 Å². The molecule has 0 radical (unpaired) electrons. The molecule has 1 amide bonds. The van der Waals surface area contributed by atoms with Crippen LogP contribution in [0.15, 0.2) is 18.2 Å². The molecule has 1 unspecified atom stereocenters. The Hall–Kier alpha value is -2.24. The number of hydrogen-bond donors (Lipinski definition) is 2. The van der Waals surface area contributed by atoms with Crippen LogP contribution in [0.25, 0.3) is 0 Å². The van der Waals surface area contributed by atoms with Gasteiger partial charge in [-0.3, -0.25) is 4.79 Å². The number of aliphatic carboxylic acids is 1. The minimum Gasteiger partial charge on any atom is -0.493 e. The Labute approximate surface area is 124 Å². The molecule has 2 N–H and O–H groups in total. The molecule has 0 fully saturated rings. The van der Waals surface area contributed by atoms with Crippen LogP contribution in [-0.2, 0) is 4.79 Å². The largest absolute Gasteiger partial charge is 0.493 e. The summed E-state index contributed by atoms with van der Waals surface area (Å²) < 4.78 is 10.3. The number of carbonyl (C=O) groups excluding carboxylic acids is 1. The molecule has 0 saturated heterocycles. The first kappa shape index (κ1) is 16.8. The highest BCUT2D eigenvalue weighted by molar-refractivity contribution is 5.99. The van der Waals surface area contributed by atoms with E-state index in [2.05, 4.69) is 5.32 Å². The summed E-state index contributed by atoms with van der Waals surface area (Å²) in [5.41, 5.74) is 0.250. The van der Waals surface area contributed by atoms with Gasteiger partial charge in [-0.25, -0.2) is 4.79 Å². The zero-order valence-electron chi connectivity index (χ0n) is 12.5. The van der Waals surface area contributed by atoms with Crippen LogP contribution in [-0.4, -0.2) is 37.2 Å². The first-order valence-corrected chi connectivity index (χ1v) is 6.79. The number of amides is 1. The van der Waals surface area contributed by atoms with Crippen molar-refractivity contribution in [3.8, 4) is 11.5 Å². The fraction of sp³-hybridized carbons (Fsp3) is 0.467. The first-order chi connectivity index (χ1) is 10.0. The molecule has 6 heteroatoms. The monoisotopic (exact) mass is 295 g/mol. The Balaban J connectivity index is 2.94. The smallest absolute Gasteiger partial charge is 0.326 e. The standard InChI is InChI=1S/C15H21NO5/c1-4-5-8-11(15(18)19)16-14(17)10-7-6-9-12(20-2)13(10)21-3/h6-7,9,11H,4-5,8H2,1-3H3,(H,16,17)(H,18,19). The number of hydrogen-bond acceptors (Lipinski definition) is 4. The van der Waals surface area contributed by atoms with Crippen molar-refractivity contribution in [3.05, 3.63) is 23.8 Å². The maximum Gasteiger partial charge on any atom is 0.326 e. The van der Waals surface area contributed by atoms with Crippen LogP contribution in [0.5, 0.6) is 11.5 Å². The van der Waals surface area contributed by atoms with Crippen LogP contribution in [0, 0.1) is 0 Å². The average molecular weight is 295 g/mol. The molecule has 21 heavy (non-hydrogen) atoms. The molecule has 116 valence electrons. The lowest BCUT2D eigenvalue weighted by Gasteiger charge is -2.16. The Morgan fingerprint density at radius 3 is 2.52 bits per heavy atom. The molecule has 6 nitrogen and oxygen atoms in total. The van der Waals surface area contributed by atoms with Crippen molar-refractivity contribution in [3.63, 3.8) is 0 Å². The van der Waals surface area contributed by atoms with Crippen molar-refractivity contribution in [2.45, 2.75) is 32.2 Å². The van der Waals surface area contributed by atoms with Crippen LogP contribution >= 0.6 is 0 Å². The van der Waals surface area contributed by atoms with Gasteiger partial charge in [0.1, 0.15) is 6.04 Å². The number of benzene rings is 1. The first-order valence-electron chi connectivity index (χ1n) is 6.79. The highest BCUT2D eigenvalue weighted by atomic mass is 16.5. The predicted octanol–water partition coefficient (Wildman–Crippen LogP) is 2.08. The van der Waals surface area contributed by atoms with Gasteiger partial charge in [0, 0.05) is 0 Å². The summed E-state index contributed by atoms with van der Waals surface area (Å²) in [5.74, 6) is -0.823. The lowest BCUT2D eigenvalue weighted by atomic mass is 10.1. The van der Waals surface area contributed by atoms with E-state index in [0.29, 0.717) is 12.2 Å². The SMILES string of the molecule is CCCCC(NC(=O)c1cccc(OC)c1OC)C(=O)O. The number of nitrogens with one attached hydrogen (secondary N) is 1. The summed E-state index contributed by atoms with van der Waals surface area (Å²) in [6.45, 7) is 1.96. The van der Waals surface area contributed by atoms with Crippen LogP contribution < -0.4 is 14.8 Å². The van der Waals surface area contributed by atoms with Crippen molar-refractivity contribution >= 4 is 11.9 Å². The Kier molecular flexibility index (Phi) is 6.52. The third-order valence-electron chi connectivity index (χ3n) is 3.10. The summed E-state index contributed by atoms with van der Waals surface area (Å²) >= 11 is 0. The normalized spacial score (nSPS) is 11.6. The molecule has 1 atom stereocenters.